The molecule has 2 unspecified atom stereocenters. The van der Waals surface area contributed by atoms with E-state index >= 15 is 0 Å². The summed E-state index contributed by atoms with van der Waals surface area (Å²) in [5, 5.41) is 6.47. The van der Waals surface area contributed by atoms with Crippen molar-refractivity contribution in [1.29, 1.82) is 0 Å². The van der Waals surface area contributed by atoms with Gasteiger partial charge in [-0.25, -0.2) is 0 Å². The van der Waals surface area contributed by atoms with Crippen molar-refractivity contribution >= 4 is 11.9 Å². The van der Waals surface area contributed by atoms with Crippen LogP contribution in [0, 0.1) is 0 Å². The molecule has 0 aliphatic heterocycles. The average molecular weight is 392 g/mol. The predicted molar refractivity (Wildman–Crippen MR) is 96.6 cm³/mol. The van der Waals surface area contributed by atoms with Crippen molar-refractivity contribution in [2.75, 3.05) is 26.4 Å². The zero-order valence-electron chi connectivity index (χ0n) is 15.4. The number of nitrogens with zero attached hydrogens (tertiary/aromatic N) is 6. The minimum Gasteiger partial charge on any atom is -0.490 e. The molecule has 28 heavy (non-hydrogen) atoms. The van der Waals surface area contributed by atoms with Crippen LogP contribution in [-0.4, -0.2) is 50.4 Å². The number of carbonyl (C=O) groups is 2. The number of hydrogen-bond donors (Lipinski definition) is 0. The van der Waals surface area contributed by atoms with E-state index in [-0.39, 0.29) is 26.4 Å². The molecule has 0 aliphatic rings. The molecule has 0 saturated carbocycles. The molecule has 0 spiro atoms. The summed E-state index contributed by atoms with van der Waals surface area (Å²) < 4.78 is 20.6. The third-order valence-electron chi connectivity index (χ3n) is 3.15. The van der Waals surface area contributed by atoms with Gasteiger partial charge in [-0.05, 0) is 49.2 Å². The highest BCUT2D eigenvalue weighted by atomic mass is 16.6. The molecule has 1 rings (SSSR count). The second-order valence-corrected chi connectivity index (χ2v) is 5.27. The summed E-state index contributed by atoms with van der Waals surface area (Å²) in [6, 6.07) is 4.88. The maximum Gasteiger partial charge on any atom is 0.314 e. The van der Waals surface area contributed by atoms with Crippen LogP contribution < -0.4 is 9.47 Å². The molecule has 0 fully saturated rings. The molecule has 0 radical (unpaired) electrons. The van der Waals surface area contributed by atoms with Crippen molar-refractivity contribution in [1.82, 2.24) is 0 Å². The second kappa shape index (κ2) is 12.7. The molecule has 0 amide bonds. The molecule has 1 aromatic rings. The Balaban J connectivity index is 2.25. The summed E-state index contributed by atoms with van der Waals surface area (Å²) in [4.78, 5) is 27.9. The summed E-state index contributed by atoms with van der Waals surface area (Å²) in [5.41, 5.74) is 16.5. The number of rotatable bonds is 12. The van der Waals surface area contributed by atoms with Gasteiger partial charge >= 0.3 is 11.9 Å². The van der Waals surface area contributed by atoms with Crippen LogP contribution >= 0.6 is 0 Å². The fourth-order valence-electron chi connectivity index (χ4n) is 1.73. The van der Waals surface area contributed by atoms with Gasteiger partial charge in [0, 0.05) is 9.82 Å². The van der Waals surface area contributed by atoms with Crippen LogP contribution in [0.2, 0.25) is 0 Å². The minimum absolute atomic E-state index is 0.0159. The van der Waals surface area contributed by atoms with Crippen LogP contribution in [-0.2, 0) is 19.1 Å². The quantitative estimate of drug-likeness (QED) is 0.174. The Kier molecular flexibility index (Phi) is 10.2. The van der Waals surface area contributed by atoms with E-state index in [2.05, 4.69) is 20.1 Å². The van der Waals surface area contributed by atoms with Crippen molar-refractivity contribution in [3.63, 3.8) is 0 Å². The van der Waals surface area contributed by atoms with Gasteiger partial charge in [0.2, 0.25) is 0 Å². The summed E-state index contributed by atoms with van der Waals surface area (Å²) >= 11 is 0. The molecule has 2 atom stereocenters. The van der Waals surface area contributed by atoms with Crippen molar-refractivity contribution in [2.24, 2.45) is 10.2 Å². The molecular weight excluding hydrogens is 372 g/mol. The van der Waals surface area contributed by atoms with Crippen molar-refractivity contribution in [3.8, 4) is 11.5 Å². The van der Waals surface area contributed by atoms with E-state index in [4.69, 9.17) is 30.0 Å². The third kappa shape index (κ3) is 8.65. The Hall–Kier alpha value is -3.62. The predicted octanol–water partition coefficient (Wildman–Crippen LogP) is 2.93. The van der Waals surface area contributed by atoms with Gasteiger partial charge in [-0.15, -0.1) is 0 Å². The third-order valence-corrected chi connectivity index (χ3v) is 3.15. The van der Waals surface area contributed by atoms with E-state index in [9.17, 15) is 9.59 Å². The Morgan fingerprint density at radius 1 is 0.821 bits per heavy atom. The monoisotopic (exact) mass is 392 g/mol. The molecule has 0 aromatic heterocycles. The van der Waals surface area contributed by atoms with E-state index in [1.54, 1.807) is 24.3 Å². The lowest BCUT2D eigenvalue weighted by molar-refractivity contribution is -0.146. The van der Waals surface area contributed by atoms with Crippen LogP contribution in [0.4, 0.5) is 0 Å². The maximum atomic E-state index is 11.4. The topological polar surface area (TPSA) is 169 Å². The highest BCUT2D eigenvalue weighted by Gasteiger charge is 2.12. The number of benzene rings is 1. The SMILES string of the molecule is CC(N=[N+]=[N-])C(=O)OCCOc1ccc(OCCOC(=O)C(C)N=[N+]=[N-])cc1. The zero-order valence-corrected chi connectivity index (χ0v) is 15.4. The van der Waals surface area contributed by atoms with Gasteiger partial charge in [-0.3, -0.25) is 9.59 Å². The smallest absolute Gasteiger partial charge is 0.314 e. The van der Waals surface area contributed by atoms with Gasteiger partial charge in [0.15, 0.2) is 0 Å². The highest BCUT2D eigenvalue weighted by molar-refractivity contribution is 5.75. The van der Waals surface area contributed by atoms with Gasteiger partial charge in [0.05, 0.1) is 0 Å². The van der Waals surface area contributed by atoms with Crippen LogP contribution in [0.25, 0.3) is 20.9 Å². The summed E-state index contributed by atoms with van der Waals surface area (Å²) in [6.07, 6.45) is 0. The van der Waals surface area contributed by atoms with E-state index in [0.717, 1.165) is 0 Å². The minimum atomic E-state index is -0.886. The van der Waals surface area contributed by atoms with Gasteiger partial charge < -0.3 is 18.9 Å². The summed E-state index contributed by atoms with van der Waals surface area (Å²) in [6.45, 7) is 3.17. The molecule has 12 heteroatoms. The number of ether oxygens (including phenoxy) is 4. The van der Waals surface area contributed by atoms with E-state index in [1.807, 2.05) is 0 Å². The number of hydrogen-bond acceptors (Lipinski definition) is 8. The standard InChI is InChI=1S/C16H20N6O6/c1-11(19-21-17)15(23)27-9-7-25-13-3-5-14(6-4-13)26-8-10-28-16(24)12(2)20-22-18/h3-6,11-12H,7-10H2,1-2H3. The van der Waals surface area contributed by atoms with Crippen LogP contribution in [0.1, 0.15) is 13.8 Å². The largest absolute Gasteiger partial charge is 0.490 e. The zero-order chi connectivity index (χ0) is 20.8. The van der Waals surface area contributed by atoms with Gasteiger partial charge in [0.1, 0.15) is 50.0 Å². The Morgan fingerprint density at radius 3 is 1.50 bits per heavy atom. The van der Waals surface area contributed by atoms with Crippen LogP contribution in [0.15, 0.2) is 34.5 Å². The summed E-state index contributed by atoms with van der Waals surface area (Å²) in [5.74, 6) is -0.165. The molecular formula is C16H20N6O6. The molecule has 0 aliphatic carbocycles. The van der Waals surface area contributed by atoms with Crippen LogP contribution in [0.3, 0.4) is 0 Å². The fourth-order valence-corrected chi connectivity index (χ4v) is 1.73. The normalized spacial score (nSPS) is 11.8. The van der Waals surface area contributed by atoms with E-state index in [1.165, 1.54) is 13.8 Å². The van der Waals surface area contributed by atoms with Gasteiger partial charge in [0.25, 0.3) is 0 Å². The van der Waals surface area contributed by atoms with Crippen molar-refractivity contribution < 1.29 is 28.5 Å². The summed E-state index contributed by atoms with van der Waals surface area (Å²) in [7, 11) is 0. The molecule has 1 aromatic carbocycles. The van der Waals surface area contributed by atoms with Crippen molar-refractivity contribution in [2.45, 2.75) is 25.9 Å². The second-order valence-electron chi connectivity index (χ2n) is 5.27. The van der Waals surface area contributed by atoms with Gasteiger partial charge in [-0.1, -0.05) is 10.2 Å². The molecule has 0 saturated heterocycles. The highest BCUT2D eigenvalue weighted by Crippen LogP contribution is 2.17. The lowest BCUT2D eigenvalue weighted by Gasteiger charge is -2.10. The molecule has 150 valence electrons. The number of carbonyl (C=O) groups excluding carboxylic acids is 2. The molecule has 0 heterocycles. The van der Waals surface area contributed by atoms with E-state index in [0.29, 0.717) is 11.5 Å². The van der Waals surface area contributed by atoms with Gasteiger partial charge in [-0.2, -0.15) is 0 Å². The number of esters is 2. The Morgan fingerprint density at radius 2 is 1.18 bits per heavy atom. The number of azide groups is 2. The first-order chi connectivity index (χ1) is 13.5. The molecule has 0 bridgehead atoms. The maximum absolute atomic E-state index is 11.4. The average Bonchev–Trinajstić information content (AvgIpc) is 2.69. The Labute approximate surface area is 160 Å². The first-order valence-electron chi connectivity index (χ1n) is 8.25. The first-order valence-corrected chi connectivity index (χ1v) is 8.25. The lowest BCUT2D eigenvalue weighted by atomic mass is 10.3. The lowest BCUT2D eigenvalue weighted by Crippen LogP contribution is -2.20. The fraction of sp³-hybridized carbons (Fsp3) is 0.500. The first kappa shape index (κ1) is 22.4. The van der Waals surface area contributed by atoms with Crippen LogP contribution in [0.5, 0.6) is 11.5 Å². The molecule has 0 N–H and O–H groups in total. The van der Waals surface area contributed by atoms with E-state index < -0.39 is 24.0 Å². The van der Waals surface area contributed by atoms with Crippen molar-refractivity contribution in [3.05, 3.63) is 45.2 Å². The molecule has 12 nitrogen and oxygen atoms in total. The Bertz CT molecular complexity index is 679.